The van der Waals surface area contributed by atoms with E-state index in [1.54, 1.807) is 11.3 Å². The first-order chi connectivity index (χ1) is 14.7. The second-order valence-electron chi connectivity index (χ2n) is 7.68. The minimum atomic E-state index is -0.337. The number of hydrogen-bond donors (Lipinski definition) is 0. The molecule has 4 rings (SSSR count). The second kappa shape index (κ2) is 9.39. The Morgan fingerprint density at radius 3 is 2.70 bits per heavy atom. The molecule has 1 aliphatic heterocycles. The molecule has 0 spiro atoms. The zero-order chi connectivity index (χ0) is 20.9. The van der Waals surface area contributed by atoms with Crippen LogP contribution in [0.2, 0.25) is 0 Å². The van der Waals surface area contributed by atoms with Gasteiger partial charge in [-0.05, 0) is 37.0 Å². The van der Waals surface area contributed by atoms with Crippen LogP contribution in [0.15, 0.2) is 54.6 Å². The van der Waals surface area contributed by atoms with Crippen LogP contribution in [0.5, 0.6) is 0 Å². The average molecular weight is 423 g/mol. The van der Waals surface area contributed by atoms with E-state index in [1.165, 1.54) is 4.70 Å². The fourth-order valence-corrected chi connectivity index (χ4v) is 5.11. The monoisotopic (exact) mass is 422 g/mol. The van der Waals surface area contributed by atoms with E-state index in [0.29, 0.717) is 19.5 Å². The van der Waals surface area contributed by atoms with Crippen molar-refractivity contribution >= 4 is 33.4 Å². The molecular formula is C24H26N2O3S. The summed E-state index contributed by atoms with van der Waals surface area (Å²) in [6.07, 6.45) is 2.59. The molecule has 0 N–H and O–H groups in total. The van der Waals surface area contributed by atoms with Crippen molar-refractivity contribution in [2.45, 2.75) is 38.0 Å². The van der Waals surface area contributed by atoms with Crippen LogP contribution in [0.25, 0.3) is 10.2 Å². The Morgan fingerprint density at radius 1 is 1.17 bits per heavy atom. The fraction of sp³-hybridized carbons (Fsp3) is 0.375. The largest absolute Gasteiger partial charge is 0.455 e. The lowest BCUT2D eigenvalue weighted by molar-refractivity contribution is -0.153. The van der Waals surface area contributed by atoms with Gasteiger partial charge < -0.3 is 9.64 Å². The van der Waals surface area contributed by atoms with E-state index in [2.05, 4.69) is 6.07 Å². The molecule has 0 bridgehead atoms. The number of likely N-dealkylation sites (tertiary alicyclic amines) is 1. The summed E-state index contributed by atoms with van der Waals surface area (Å²) in [7, 11) is 0. The number of rotatable bonds is 6. The van der Waals surface area contributed by atoms with Gasteiger partial charge in [-0.2, -0.15) is 0 Å². The summed E-state index contributed by atoms with van der Waals surface area (Å²) in [6.45, 7) is 3.09. The first-order valence-corrected chi connectivity index (χ1v) is 11.3. The molecule has 2 atom stereocenters. The van der Waals surface area contributed by atoms with Crippen molar-refractivity contribution in [2.24, 2.45) is 0 Å². The molecule has 156 valence electrons. The van der Waals surface area contributed by atoms with Crippen molar-refractivity contribution in [3.8, 4) is 0 Å². The maximum atomic E-state index is 12.7. The highest BCUT2D eigenvalue weighted by Gasteiger charge is 2.28. The SMILES string of the molecule is CC[C@@H](C(=O)OCC(=O)N1CCC[C@@H](c2nc3ccccc3s2)C1)c1ccccc1. The summed E-state index contributed by atoms with van der Waals surface area (Å²) in [4.78, 5) is 31.9. The third-order valence-electron chi connectivity index (χ3n) is 5.67. The number of esters is 1. The van der Waals surface area contributed by atoms with E-state index in [9.17, 15) is 9.59 Å². The Kier molecular flexibility index (Phi) is 6.43. The molecule has 0 aliphatic carbocycles. The Bertz CT molecular complexity index is 984. The number of fused-ring (bicyclic) bond motifs is 1. The fourth-order valence-electron chi connectivity index (χ4n) is 4.02. The highest BCUT2D eigenvalue weighted by molar-refractivity contribution is 7.18. The van der Waals surface area contributed by atoms with Crippen LogP contribution in [0.4, 0.5) is 0 Å². The van der Waals surface area contributed by atoms with Crippen LogP contribution in [0.3, 0.4) is 0 Å². The predicted molar refractivity (Wildman–Crippen MR) is 119 cm³/mol. The summed E-state index contributed by atoms with van der Waals surface area (Å²) >= 11 is 1.71. The van der Waals surface area contributed by atoms with Crippen molar-refractivity contribution in [3.63, 3.8) is 0 Å². The molecule has 6 heteroatoms. The predicted octanol–water partition coefficient (Wildman–Crippen LogP) is 4.74. The second-order valence-corrected chi connectivity index (χ2v) is 8.74. The van der Waals surface area contributed by atoms with Gasteiger partial charge in [0.2, 0.25) is 0 Å². The zero-order valence-electron chi connectivity index (χ0n) is 17.1. The summed E-state index contributed by atoms with van der Waals surface area (Å²) in [5, 5.41) is 1.08. The first kappa shape index (κ1) is 20.5. The van der Waals surface area contributed by atoms with Crippen LogP contribution >= 0.6 is 11.3 Å². The van der Waals surface area contributed by atoms with E-state index in [1.807, 2.05) is 60.4 Å². The maximum absolute atomic E-state index is 12.7. The van der Waals surface area contributed by atoms with Crippen molar-refractivity contribution in [3.05, 3.63) is 65.2 Å². The lowest BCUT2D eigenvalue weighted by Crippen LogP contribution is -2.41. The van der Waals surface area contributed by atoms with E-state index in [0.717, 1.165) is 28.9 Å². The third kappa shape index (κ3) is 4.54. The number of carbonyl (C=O) groups excluding carboxylic acids is 2. The van der Waals surface area contributed by atoms with Gasteiger partial charge in [0.25, 0.3) is 5.91 Å². The number of nitrogens with zero attached hydrogens (tertiary/aromatic N) is 2. The highest BCUT2D eigenvalue weighted by Crippen LogP contribution is 2.33. The molecule has 1 aliphatic rings. The minimum absolute atomic E-state index is 0.128. The zero-order valence-corrected chi connectivity index (χ0v) is 17.9. The molecule has 2 heterocycles. The summed E-state index contributed by atoms with van der Waals surface area (Å²) in [5.74, 6) is -0.562. The quantitative estimate of drug-likeness (QED) is 0.539. The van der Waals surface area contributed by atoms with Gasteiger partial charge >= 0.3 is 5.97 Å². The molecule has 1 amide bonds. The van der Waals surface area contributed by atoms with Crippen LogP contribution in [0.1, 0.15) is 48.6 Å². The number of ether oxygens (including phenoxy) is 1. The van der Waals surface area contributed by atoms with Gasteiger partial charge in [-0.3, -0.25) is 9.59 Å². The Labute approximate surface area is 180 Å². The number of hydrogen-bond acceptors (Lipinski definition) is 5. The molecule has 1 aromatic heterocycles. The molecular weight excluding hydrogens is 396 g/mol. The van der Waals surface area contributed by atoms with E-state index < -0.39 is 0 Å². The molecule has 3 aromatic rings. The van der Waals surface area contributed by atoms with E-state index in [4.69, 9.17) is 9.72 Å². The van der Waals surface area contributed by atoms with Crippen molar-refractivity contribution in [2.75, 3.05) is 19.7 Å². The minimum Gasteiger partial charge on any atom is -0.455 e. The topological polar surface area (TPSA) is 59.5 Å². The first-order valence-electron chi connectivity index (χ1n) is 10.5. The molecule has 2 aromatic carbocycles. The van der Waals surface area contributed by atoms with E-state index >= 15 is 0 Å². The molecule has 1 saturated heterocycles. The number of aromatic nitrogens is 1. The Balaban J connectivity index is 1.35. The van der Waals surface area contributed by atoms with Crippen molar-refractivity contribution < 1.29 is 14.3 Å². The molecule has 0 radical (unpaired) electrons. The normalized spacial score (nSPS) is 17.6. The van der Waals surface area contributed by atoms with Gasteiger partial charge in [0, 0.05) is 19.0 Å². The van der Waals surface area contributed by atoms with Crippen molar-refractivity contribution in [1.82, 2.24) is 9.88 Å². The van der Waals surface area contributed by atoms with Gasteiger partial charge in [0.15, 0.2) is 6.61 Å². The van der Waals surface area contributed by atoms with Crippen LogP contribution < -0.4 is 0 Å². The number of piperidine rings is 1. The van der Waals surface area contributed by atoms with Gasteiger partial charge in [-0.25, -0.2) is 4.98 Å². The Morgan fingerprint density at radius 2 is 1.93 bits per heavy atom. The van der Waals surface area contributed by atoms with Crippen LogP contribution in [-0.2, 0) is 14.3 Å². The maximum Gasteiger partial charge on any atom is 0.313 e. The smallest absolute Gasteiger partial charge is 0.313 e. The number of carbonyl (C=O) groups is 2. The van der Waals surface area contributed by atoms with Gasteiger partial charge in [0.1, 0.15) is 0 Å². The van der Waals surface area contributed by atoms with Crippen LogP contribution in [-0.4, -0.2) is 41.5 Å². The van der Waals surface area contributed by atoms with Crippen LogP contribution in [0, 0.1) is 0 Å². The molecule has 0 unspecified atom stereocenters. The average Bonchev–Trinajstić information content (AvgIpc) is 3.23. The Hall–Kier alpha value is -2.73. The highest BCUT2D eigenvalue weighted by atomic mass is 32.1. The molecule has 0 saturated carbocycles. The number of amides is 1. The summed E-state index contributed by atoms with van der Waals surface area (Å²) < 4.78 is 6.59. The standard InChI is InChI=1S/C24H26N2O3S/c1-2-19(17-9-4-3-5-10-17)24(28)29-16-22(27)26-14-8-11-18(15-26)23-25-20-12-6-7-13-21(20)30-23/h3-7,9-10,12-13,18-19H,2,8,11,14-16H2,1H3/t18-,19-/m1/s1. The summed E-state index contributed by atoms with van der Waals surface area (Å²) in [5.41, 5.74) is 1.94. The van der Waals surface area contributed by atoms with Gasteiger partial charge in [-0.15, -0.1) is 11.3 Å². The molecule has 5 nitrogen and oxygen atoms in total. The van der Waals surface area contributed by atoms with E-state index in [-0.39, 0.29) is 30.3 Å². The molecule has 1 fully saturated rings. The lowest BCUT2D eigenvalue weighted by Gasteiger charge is -2.31. The summed E-state index contributed by atoms with van der Waals surface area (Å²) in [6, 6.07) is 17.7. The van der Waals surface area contributed by atoms with Crippen molar-refractivity contribution in [1.29, 1.82) is 0 Å². The number of benzene rings is 2. The third-order valence-corrected chi connectivity index (χ3v) is 6.87. The number of para-hydroxylation sites is 1. The lowest BCUT2D eigenvalue weighted by atomic mass is 9.97. The van der Waals surface area contributed by atoms with Gasteiger partial charge in [-0.1, -0.05) is 49.4 Å². The van der Waals surface area contributed by atoms with Gasteiger partial charge in [0.05, 0.1) is 21.1 Å². The number of thiazole rings is 1. The molecule has 30 heavy (non-hydrogen) atoms.